The Morgan fingerprint density at radius 2 is 1.00 bits per heavy atom. The van der Waals surface area contributed by atoms with Gasteiger partial charge in [0.05, 0.1) is 17.1 Å². The molecule has 0 bridgehead atoms. The molecule has 0 saturated heterocycles. The van der Waals surface area contributed by atoms with Crippen molar-refractivity contribution in [1.82, 2.24) is 4.57 Å². The van der Waals surface area contributed by atoms with Crippen molar-refractivity contribution in [3.8, 4) is 0 Å². The van der Waals surface area contributed by atoms with Crippen LogP contribution >= 0.6 is 0 Å². The molecule has 0 fully saturated rings. The number of nitrogens with zero attached hydrogens (tertiary/aromatic N) is 2. The monoisotopic (exact) mass is 602 g/mol. The summed E-state index contributed by atoms with van der Waals surface area (Å²) in [5.74, 6) is 0.274. The fourth-order valence-electron chi connectivity index (χ4n) is 8.80. The summed E-state index contributed by atoms with van der Waals surface area (Å²) >= 11 is 0. The van der Waals surface area contributed by atoms with E-state index in [1.165, 1.54) is 76.8 Å². The second kappa shape index (κ2) is 9.70. The molecule has 1 aliphatic carbocycles. The topological polar surface area (TPSA) is 8.17 Å². The van der Waals surface area contributed by atoms with Gasteiger partial charge in [0.25, 0.3) is 0 Å². The van der Waals surface area contributed by atoms with E-state index in [4.69, 9.17) is 0 Å². The van der Waals surface area contributed by atoms with Crippen LogP contribution in [0.25, 0.3) is 59.8 Å². The largest absolute Gasteiger partial charge is 0.334 e. The van der Waals surface area contributed by atoms with Crippen LogP contribution in [0.3, 0.4) is 0 Å². The maximum absolute atomic E-state index is 2.62. The fraction of sp³-hybridized carbons (Fsp3) is 0.111. The Labute approximate surface area is 274 Å². The van der Waals surface area contributed by atoms with Gasteiger partial charge in [0.1, 0.15) is 0 Å². The van der Waals surface area contributed by atoms with Crippen molar-refractivity contribution < 1.29 is 0 Å². The van der Waals surface area contributed by atoms with Gasteiger partial charge >= 0.3 is 0 Å². The molecule has 8 aromatic rings. The zero-order valence-corrected chi connectivity index (χ0v) is 26.6. The summed E-state index contributed by atoms with van der Waals surface area (Å²) in [6.07, 6.45) is 7.40. The van der Waals surface area contributed by atoms with Gasteiger partial charge in [0.2, 0.25) is 0 Å². The molecule has 0 spiro atoms. The van der Waals surface area contributed by atoms with Crippen LogP contribution in [0, 0.1) is 5.92 Å². The molecule has 47 heavy (non-hydrogen) atoms. The highest BCUT2D eigenvalue weighted by molar-refractivity contribution is 6.26. The first kappa shape index (κ1) is 26.6. The highest BCUT2D eigenvalue weighted by Crippen LogP contribution is 2.54. The molecule has 0 radical (unpaired) electrons. The van der Waals surface area contributed by atoms with Crippen molar-refractivity contribution in [1.29, 1.82) is 0 Å². The lowest BCUT2D eigenvalue weighted by Gasteiger charge is -2.51. The van der Waals surface area contributed by atoms with Crippen molar-refractivity contribution >= 4 is 71.2 Å². The van der Waals surface area contributed by atoms with E-state index in [1.807, 2.05) is 0 Å². The minimum absolute atomic E-state index is 0.106. The maximum atomic E-state index is 2.62. The zero-order chi connectivity index (χ0) is 31.3. The van der Waals surface area contributed by atoms with Gasteiger partial charge in [0, 0.05) is 39.2 Å². The van der Waals surface area contributed by atoms with Crippen LogP contribution < -0.4 is 4.90 Å². The minimum Gasteiger partial charge on any atom is -0.334 e. The lowest BCUT2D eigenvalue weighted by Crippen LogP contribution is -2.50. The van der Waals surface area contributed by atoms with E-state index in [2.05, 4.69) is 181 Å². The summed E-state index contributed by atoms with van der Waals surface area (Å²) < 4.78 is 2.46. The Kier molecular flexibility index (Phi) is 5.49. The molecule has 2 nitrogen and oxygen atoms in total. The van der Waals surface area contributed by atoms with E-state index in [0.717, 1.165) is 0 Å². The molecule has 2 unspecified atom stereocenters. The molecule has 1 aromatic heterocycles. The van der Waals surface area contributed by atoms with E-state index < -0.39 is 0 Å². The molecule has 2 heteroatoms. The Morgan fingerprint density at radius 1 is 0.511 bits per heavy atom. The van der Waals surface area contributed by atoms with E-state index in [0.29, 0.717) is 0 Å². The van der Waals surface area contributed by atoms with Crippen molar-refractivity contribution in [2.24, 2.45) is 5.92 Å². The summed E-state index contributed by atoms with van der Waals surface area (Å²) in [5.41, 5.74) is 7.52. The fourth-order valence-corrected chi connectivity index (χ4v) is 8.80. The summed E-state index contributed by atoms with van der Waals surface area (Å²) in [6, 6.07) is 51.6. The van der Waals surface area contributed by atoms with E-state index in [9.17, 15) is 0 Å². The number of fused-ring (bicyclic) bond motifs is 11. The Morgan fingerprint density at radius 3 is 1.60 bits per heavy atom. The molecule has 0 amide bonds. The van der Waals surface area contributed by atoms with Crippen molar-refractivity contribution in [3.05, 3.63) is 163 Å². The van der Waals surface area contributed by atoms with Gasteiger partial charge in [0.15, 0.2) is 0 Å². The van der Waals surface area contributed by atoms with Gasteiger partial charge < -0.3 is 9.47 Å². The highest BCUT2D eigenvalue weighted by Gasteiger charge is 2.46. The normalized spacial score (nSPS) is 18.6. The molecular weight excluding hydrogens is 569 g/mol. The molecule has 2 atom stereocenters. The highest BCUT2D eigenvalue weighted by atomic mass is 15.2. The van der Waals surface area contributed by atoms with Crippen LogP contribution in [0.15, 0.2) is 158 Å². The van der Waals surface area contributed by atoms with Gasteiger partial charge in [-0.1, -0.05) is 123 Å². The molecule has 1 aliphatic heterocycles. The average Bonchev–Trinajstić information content (AvgIpc) is 3.46. The van der Waals surface area contributed by atoms with Gasteiger partial charge in [-0.25, -0.2) is 0 Å². The number of hydrogen-bond donors (Lipinski definition) is 0. The van der Waals surface area contributed by atoms with Gasteiger partial charge in [-0.3, -0.25) is 0 Å². The number of allylic oxidation sites excluding steroid dienone is 2. The minimum atomic E-state index is -0.106. The second-order valence-electron chi connectivity index (χ2n) is 13.8. The van der Waals surface area contributed by atoms with Gasteiger partial charge in [-0.15, -0.1) is 0 Å². The smallest absolute Gasteiger partial charge is 0.0616 e. The van der Waals surface area contributed by atoms with Crippen LogP contribution in [0.1, 0.15) is 19.4 Å². The standard InChI is InChI=1S/C45H34N2/c1-45(2)39-25-24-30(47-41-22-12-10-20-35(41)36-21-11-13-23-42(36)47)26-43(39)46(29-14-4-3-5-15-29)44-28-38-34-19-9-7-17-32(34)31-16-6-8-18-33(31)37(38)27-40(44)45/h3-28,39,43H,1-2H3. The predicted octanol–water partition coefficient (Wildman–Crippen LogP) is 11.8. The third-order valence-electron chi connectivity index (χ3n) is 11.0. The Hall–Kier alpha value is -5.60. The average molecular weight is 603 g/mol. The van der Waals surface area contributed by atoms with Crippen molar-refractivity contribution in [2.75, 3.05) is 4.90 Å². The van der Waals surface area contributed by atoms with Gasteiger partial charge in [-0.05, 0) is 86.4 Å². The first-order valence-corrected chi connectivity index (χ1v) is 16.7. The lowest BCUT2D eigenvalue weighted by atomic mass is 9.64. The van der Waals surface area contributed by atoms with Crippen molar-refractivity contribution in [2.45, 2.75) is 25.3 Å². The lowest BCUT2D eigenvalue weighted by molar-refractivity contribution is 0.333. The first-order valence-electron chi connectivity index (χ1n) is 16.7. The molecule has 224 valence electrons. The molecule has 0 saturated carbocycles. The SMILES string of the molecule is CC1(C)c2cc3c4ccccc4c4ccccc4c3cc2N(c2ccccc2)C2C=C(n3c4ccccc4c4ccccc43)C=CC21. The van der Waals surface area contributed by atoms with E-state index >= 15 is 0 Å². The zero-order valence-electron chi connectivity index (χ0n) is 26.6. The Balaban J connectivity index is 1.28. The summed E-state index contributed by atoms with van der Waals surface area (Å²) in [6.45, 7) is 4.90. The number of aromatic nitrogens is 1. The van der Waals surface area contributed by atoms with Crippen LogP contribution in [-0.2, 0) is 5.41 Å². The maximum Gasteiger partial charge on any atom is 0.0616 e. The molecule has 2 heterocycles. The number of rotatable bonds is 2. The van der Waals surface area contributed by atoms with Crippen LogP contribution in [0.4, 0.5) is 11.4 Å². The van der Waals surface area contributed by atoms with Crippen molar-refractivity contribution in [3.63, 3.8) is 0 Å². The molecule has 10 rings (SSSR count). The molecule has 2 aliphatic rings. The predicted molar refractivity (Wildman–Crippen MR) is 201 cm³/mol. The van der Waals surface area contributed by atoms with Gasteiger partial charge in [-0.2, -0.15) is 0 Å². The number of para-hydroxylation sites is 3. The number of hydrogen-bond acceptors (Lipinski definition) is 1. The third-order valence-corrected chi connectivity index (χ3v) is 11.0. The Bertz CT molecular complexity index is 2560. The van der Waals surface area contributed by atoms with E-state index in [1.54, 1.807) is 0 Å². The summed E-state index contributed by atoms with van der Waals surface area (Å²) in [7, 11) is 0. The quantitative estimate of drug-likeness (QED) is 0.179. The van der Waals surface area contributed by atoms with Crippen LogP contribution in [-0.4, -0.2) is 10.6 Å². The molecular formula is C45H34N2. The van der Waals surface area contributed by atoms with Crippen LogP contribution in [0.5, 0.6) is 0 Å². The molecule has 0 N–H and O–H groups in total. The number of benzene rings is 7. The van der Waals surface area contributed by atoms with E-state index in [-0.39, 0.29) is 17.4 Å². The third kappa shape index (κ3) is 3.67. The second-order valence-corrected chi connectivity index (χ2v) is 13.8. The summed E-state index contributed by atoms with van der Waals surface area (Å²) in [4.78, 5) is 2.62. The number of anilines is 2. The first-order chi connectivity index (χ1) is 23.1. The van der Waals surface area contributed by atoms with Crippen LogP contribution in [0.2, 0.25) is 0 Å². The summed E-state index contributed by atoms with van der Waals surface area (Å²) in [5, 5.41) is 10.5. The molecule has 7 aromatic carbocycles.